The summed E-state index contributed by atoms with van der Waals surface area (Å²) in [6.07, 6.45) is 1.56. The Morgan fingerprint density at radius 3 is 2.35 bits per heavy atom. The van der Waals surface area contributed by atoms with Crippen molar-refractivity contribution in [3.63, 3.8) is 0 Å². The predicted molar refractivity (Wildman–Crippen MR) is 106 cm³/mol. The summed E-state index contributed by atoms with van der Waals surface area (Å²) in [6.45, 7) is -0.0882. The number of pyridine rings is 1. The van der Waals surface area contributed by atoms with Crippen molar-refractivity contribution in [2.75, 3.05) is 10.6 Å². The Balaban J connectivity index is 1.60. The number of rotatable bonds is 5. The number of thiophene rings is 1. The molecule has 0 atom stereocenters. The van der Waals surface area contributed by atoms with Gasteiger partial charge in [-0.05, 0) is 57.7 Å². The largest absolute Gasteiger partial charge is 0.325 e. The zero-order valence-corrected chi connectivity index (χ0v) is 15.8. The van der Waals surface area contributed by atoms with Crippen LogP contribution in [0, 0.1) is 0 Å². The quantitative estimate of drug-likeness (QED) is 0.647. The Hall–Kier alpha value is -2.71. The molecule has 1 aromatic carbocycles. The van der Waals surface area contributed by atoms with Gasteiger partial charge in [-0.2, -0.15) is 0 Å². The maximum atomic E-state index is 12.1. The molecule has 2 aromatic heterocycles. The van der Waals surface area contributed by atoms with Crippen molar-refractivity contribution in [3.8, 4) is 0 Å². The summed E-state index contributed by atoms with van der Waals surface area (Å²) in [6, 6.07) is 13.4. The first-order chi connectivity index (χ1) is 12.5. The van der Waals surface area contributed by atoms with Gasteiger partial charge in [0.05, 0.1) is 4.88 Å². The van der Waals surface area contributed by atoms with Crippen LogP contribution in [0.2, 0.25) is 0 Å². The summed E-state index contributed by atoms with van der Waals surface area (Å²) in [5.41, 5.74) is 0.951. The van der Waals surface area contributed by atoms with Crippen molar-refractivity contribution in [2.24, 2.45) is 0 Å². The molecule has 3 rings (SSSR count). The summed E-state index contributed by atoms with van der Waals surface area (Å²) >= 11 is 4.63. The Kier molecular flexibility index (Phi) is 5.65. The molecule has 132 valence electrons. The van der Waals surface area contributed by atoms with E-state index in [1.807, 2.05) is 11.4 Å². The van der Waals surface area contributed by atoms with Crippen molar-refractivity contribution in [1.29, 1.82) is 0 Å². The smallest absolute Gasteiger partial charge is 0.265 e. The molecule has 2 heterocycles. The highest BCUT2D eigenvalue weighted by molar-refractivity contribution is 9.10. The molecule has 26 heavy (non-hydrogen) atoms. The average molecular weight is 432 g/mol. The highest BCUT2D eigenvalue weighted by Gasteiger charge is 2.08. The van der Waals surface area contributed by atoms with Crippen LogP contribution in [0.3, 0.4) is 0 Å². The molecular formula is C18H14BrN3O3S. The Morgan fingerprint density at radius 1 is 1.00 bits per heavy atom. The van der Waals surface area contributed by atoms with E-state index in [1.54, 1.807) is 42.6 Å². The van der Waals surface area contributed by atoms with Gasteiger partial charge in [0.1, 0.15) is 6.54 Å². The van der Waals surface area contributed by atoms with Crippen molar-refractivity contribution in [2.45, 2.75) is 6.54 Å². The third kappa shape index (κ3) is 4.68. The van der Waals surface area contributed by atoms with E-state index in [0.717, 1.165) is 4.47 Å². The topological polar surface area (TPSA) is 80.2 Å². The zero-order valence-electron chi connectivity index (χ0n) is 13.4. The number of aromatic nitrogens is 1. The van der Waals surface area contributed by atoms with Crippen molar-refractivity contribution < 1.29 is 9.59 Å². The number of nitrogens with one attached hydrogen (secondary N) is 2. The number of hydrogen-bond donors (Lipinski definition) is 2. The Labute approximate surface area is 161 Å². The first kappa shape index (κ1) is 18.1. The number of carbonyl (C=O) groups is 2. The lowest BCUT2D eigenvalue weighted by Gasteiger charge is -2.09. The molecule has 0 bridgehead atoms. The second-order valence-corrected chi connectivity index (χ2v) is 7.23. The first-order valence-corrected chi connectivity index (χ1v) is 9.29. The molecule has 0 aliphatic heterocycles. The summed E-state index contributed by atoms with van der Waals surface area (Å²) in [7, 11) is 0. The van der Waals surface area contributed by atoms with E-state index in [-0.39, 0.29) is 23.9 Å². The van der Waals surface area contributed by atoms with Crippen LogP contribution < -0.4 is 16.2 Å². The third-order valence-electron chi connectivity index (χ3n) is 3.43. The maximum absolute atomic E-state index is 12.1. The van der Waals surface area contributed by atoms with Crippen LogP contribution in [0.5, 0.6) is 0 Å². The van der Waals surface area contributed by atoms with Gasteiger partial charge in [-0.3, -0.25) is 14.4 Å². The van der Waals surface area contributed by atoms with E-state index in [1.165, 1.54) is 22.0 Å². The normalized spacial score (nSPS) is 10.3. The Morgan fingerprint density at radius 2 is 1.69 bits per heavy atom. The van der Waals surface area contributed by atoms with Crippen LogP contribution in [0.25, 0.3) is 0 Å². The lowest BCUT2D eigenvalue weighted by molar-refractivity contribution is -0.116. The van der Waals surface area contributed by atoms with Crippen LogP contribution in [0.1, 0.15) is 9.67 Å². The summed E-state index contributed by atoms with van der Waals surface area (Å²) in [5.74, 6) is -0.494. The maximum Gasteiger partial charge on any atom is 0.265 e. The van der Waals surface area contributed by atoms with Gasteiger partial charge in [0.2, 0.25) is 5.91 Å². The molecule has 8 heteroatoms. The van der Waals surface area contributed by atoms with Crippen molar-refractivity contribution in [1.82, 2.24) is 4.57 Å². The molecule has 0 radical (unpaired) electrons. The minimum Gasteiger partial charge on any atom is -0.325 e. The van der Waals surface area contributed by atoms with Gasteiger partial charge < -0.3 is 15.2 Å². The Bertz CT molecular complexity index is 982. The fourth-order valence-electron chi connectivity index (χ4n) is 2.22. The molecule has 6 nitrogen and oxygen atoms in total. The van der Waals surface area contributed by atoms with Crippen LogP contribution in [0.15, 0.2) is 69.4 Å². The van der Waals surface area contributed by atoms with E-state index in [2.05, 4.69) is 26.6 Å². The number of benzene rings is 1. The predicted octanol–water partition coefficient (Wildman–Crippen LogP) is 3.56. The van der Waals surface area contributed by atoms with Gasteiger partial charge in [0.25, 0.3) is 11.5 Å². The van der Waals surface area contributed by atoms with E-state index < -0.39 is 0 Å². The fourth-order valence-corrected chi connectivity index (χ4v) is 3.22. The SMILES string of the molecule is O=C(Cn1cc(Br)ccc1=O)Nc1ccc(NC(=O)c2cccs2)cc1. The number of amides is 2. The molecule has 3 aromatic rings. The minimum atomic E-state index is -0.319. The molecule has 0 saturated heterocycles. The number of nitrogens with zero attached hydrogens (tertiary/aromatic N) is 1. The second kappa shape index (κ2) is 8.11. The van der Waals surface area contributed by atoms with E-state index in [4.69, 9.17) is 0 Å². The summed E-state index contributed by atoms with van der Waals surface area (Å²) in [4.78, 5) is 36.5. The minimum absolute atomic E-state index is 0.0882. The van der Waals surface area contributed by atoms with E-state index >= 15 is 0 Å². The van der Waals surface area contributed by atoms with Crippen molar-refractivity contribution >= 4 is 50.5 Å². The molecule has 0 aliphatic rings. The van der Waals surface area contributed by atoms with Crippen LogP contribution in [-0.4, -0.2) is 16.4 Å². The highest BCUT2D eigenvalue weighted by Crippen LogP contribution is 2.16. The van der Waals surface area contributed by atoms with Gasteiger partial charge >= 0.3 is 0 Å². The summed E-state index contributed by atoms with van der Waals surface area (Å²) < 4.78 is 2.03. The van der Waals surface area contributed by atoms with Crippen molar-refractivity contribution in [3.05, 3.63) is 79.8 Å². The average Bonchev–Trinajstić information content (AvgIpc) is 3.14. The zero-order chi connectivity index (χ0) is 18.5. The highest BCUT2D eigenvalue weighted by atomic mass is 79.9. The van der Waals surface area contributed by atoms with Gasteiger partial charge in [-0.25, -0.2) is 0 Å². The number of carbonyl (C=O) groups excluding carboxylic acids is 2. The van der Waals surface area contributed by atoms with E-state index in [9.17, 15) is 14.4 Å². The number of anilines is 2. The van der Waals surface area contributed by atoms with Crippen LogP contribution in [0.4, 0.5) is 11.4 Å². The molecule has 2 amide bonds. The van der Waals surface area contributed by atoms with Gasteiger partial charge in [0.15, 0.2) is 0 Å². The van der Waals surface area contributed by atoms with Gasteiger partial charge in [-0.1, -0.05) is 6.07 Å². The van der Waals surface area contributed by atoms with Gasteiger partial charge in [-0.15, -0.1) is 11.3 Å². The second-order valence-electron chi connectivity index (χ2n) is 5.37. The van der Waals surface area contributed by atoms with Crippen LogP contribution in [-0.2, 0) is 11.3 Å². The molecule has 0 aliphatic carbocycles. The number of hydrogen-bond acceptors (Lipinski definition) is 4. The lowest BCUT2D eigenvalue weighted by atomic mass is 10.2. The summed E-state index contributed by atoms with van der Waals surface area (Å²) in [5, 5.41) is 7.34. The fraction of sp³-hybridized carbons (Fsp3) is 0.0556. The molecule has 0 unspecified atom stereocenters. The molecular weight excluding hydrogens is 418 g/mol. The molecule has 2 N–H and O–H groups in total. The number of halogens is 1. The van der Waals surface area contributed by atoms with Crippen LogP contribution >= 0.6 is 27.3 Å². The molecule has 0 saturated carbocycles. The lowest BCUT2D eigenvalue weighted by Crippen LogP contribution is -2.26. The standard InChI is InChI=1S/C18H14BrN3O3S/c19-12-3-8-17(24)22(10-12)11-16(23)20-13-4-6-14(7-5-13)21-18(25)15-2-1-9-26-15/h1-10H,11H2,(H,20,23)(H,21,25). The molecule has 0 fully saturated rings. The monoisotopic (exact) mass is 431 g/mol. The van der Waals surface area contributed by atoms with E-state index in [0.29, 0.717) is 16.3 Å². The first-order valence-electron chi connectivity index (χ1n) is 7.62. The van der Waals surface area contributed by atoms with Gasteiger partial charge in [0, 0.05) is 28.1 Å². The molecule has 0 spiro atoms. The third-order valence-corrected chi connectivity index (χ3v) is 4.77.